The summed E-state index contributed by atoms with van der Waals surface area (Å²) in [6, 6.07) is 7.67. The van der Waals surface area contributed by atoms with E-state index in [1.165, 1.54) is 0 Å². The first-order chi connectivity index (χ1) is 15.4. The Morgan fingerprint density at radius 3 is 2.72 bits per heavy atom. The summed E-state index contributed by atoms with van der Waals surface area (Å²) in [5, 5.41) is 10.2. The van der Waals surface area contributed by atoms with E-state index in [0.717, 1.165) is 41.9 Å². The van der Waals surface area contributed by atoms with E-state index in [2.05, 4.69) is 26.7 Å². The molecule has 1 saturated heterocycles. The summed E-state index contributed by atoms with van der Waals surface area (Å²) in [4.78, 5) is 35.5. The minimum atomic E-state index is -0.216. The van der Waals surface area contributed by atoms with E-state index in [0.29, 0.717) is 23.6 Å². The van der Waals surface area contributed by atoms with Crippen LogP contribution in [0.4, 0.5) is 0 Å². The van der Waals surface area contributed by atoms with E-state index >= 15 is 0 Å². The van der Waals surface area contributed by atoms with Crippen molar-refractivity contribution in [3.63, 3.8) is 0 Å². The molecule has 1 atom stereocenters. The molecule has 1 aliphatic rings. The lowest BCUT2D eigenvalue weighted by molar-refractivity contribution is -0.131. The van der Waals surface area contributed by atoms with Crippen LogP contribution in [0.25, 0.3) is 11.1 Å². The second-order valence-electron chi connectivity index (χ2n) is 8.09. The highest BCUT2D eigenvalue weighted by molar-refractivity contribution is 5.92. The van der Waals surface area contributed by atoms with Crippen LogP contribution in [-0.2, 0) is 11.2 Å². The van der Waals surface area contributed by atoms with Gasteiger partial charge in [-0.15, -0.1) is 0 Å². The highest BCUT2D eigenvalue weighted by atomic mass is 16.6. The maximum Gasteiger partial charge on any atom is 0.269 e. The van der Waals surface area contributed by atoms with E-state index in [-0.39, 0.29) is 24.2 Å². The molecular formula is C23H26N6O3. The Labute approximate surface area is 186 Å². The molecule has 0 radical (unpaired) electrons. The number of carbonyl (C=O) groups is 2. The fourth-order valence-electron chi connectivity index (χ4n) is 4.01. The van der Waals surface area contributed by atoms with Gasteiger partial charge in [-0.3, -0.25) is 19.6 Å². The lowest BCUT2D eigenvalue weighted by atomic mass is 9.92. The first-order valence-corrected chi connectivity index (χ1v) is 10.7. The molecule has 1 fully saturated rings. The zero-order chi connectivity index (χ0) is 22.7. The maximum absolute atomic E-state index is 12.8. The van der Waals surface area contributed by atoms with Crippen molar-refractivity contribution in [2.75, 3.05) is 20.1 Å². The van der Waals surface area contributed by atoms with Crippen LogP contribution in [0.1, 0.15) is 52.0 Å². The van der Waals surface area contributed by atoms with Gasteiger partial charge in [-0.1, -0.05) is 16.4 Å². The summed E-state index contributed by atoms with van der Waals surface area (Å²) >= 11 is 0. The summed E-state index contributed by atoms with van der Waals surface area (Å²) in [6.07, 6.45) is 3.78. The van der Waals surface area contributed by atoms with Crippen molar-refractivity contribution in [2.24, 2.45) is 0 Å². The fourth-order valence-corrected chi connectivity index (χ4v) is 4.01. The lowest BCUT2D eigenvalue weighted by Crippen LogP contribution is -2.40. The average molecular weight is 435 g/mol. The van der Waals surface area contributed by atoms with E-state index in [1.54, 1.807) is 26.2 Å². The normalized spacial score (nSPS) is 16.1. The molecule has 0 aromatic carbocycles. The van der Waals surface area contributed by atoms with Crippen molar-refractivity contribution < 1.29 is 14.2 Å². The number of nitrogens with one attached hydrogen (secondary N) is 1. The molecular weight excluding hydrogens is 408 g/mol. The Bertz CT molecular complexity index is 1130. The van der Waals surface area contributed by atoms with Gasteiger partial charge in [0.25, 0.3) is 5.91 Å². The van der Waals surface area contributed by atoms with Gasteiger partial charge in [0.1, 0.15) is 17.1 Å². The molecule has 1 aliphatic heterocycles. The molecule has 4 rings (SSSR count). The van der Waals surface area contributed by atoms with Crippen LogP contribution >= 0.6 is 0 Å². The van der Waals surface area contributed by atoms with Gasteiger partial charge >= 0.3 is 0 Å². The molecule has 0 spiro atoms. The SMILES string of the molecule is CNC(=O)c1ccc(-c2cc(C)nc([C@@H]3CCCN(C(=O)Cc4nonc4C)C3)c2)cn1. The third-order valence-electron chi connectivity index (χ3n) is 5.79. The Morgan fingerprint density at radius 2 is 2.03 bits per heavy atom. The predicted molar refractivity (Wildman–Crippen MR) is 117 cm³/mol. The Balaban J connectivity index is 1.52. The van der Waals surface area contributed by atoms with Crippen molar-refractivity contribution in [3.05, 3.63) is 58.9 Å². The van der Waals surface area contributed by atoms with E-state index in [9.17, 15) is 9.59 Å². The van der Waals surface area contributed by atoms with Crippen LogP contribution in [0.3, 0.4) is 0 Å². The van der Waals surface area contributed by atoms with Gasteiger partial charge in [-0.25, -0.2) is 4.63 Å². The molecule has 9 heteroatoms. The fraction of sp³-hybridized carbons (Fsp3) is 0.391. The van der Waals surface area contributed by atoms with Crippen LogP contribution in [0, 0.1) is 13.8 Å². The summed E-state index contributed by atoms with van der Waals surface area (Å²) < 4.78 is 4.71. The molecule has 9 nitrogen and oxygen atoms in total. The molecule has 0 aliphatic carbocycles. The third kappa shape index (κ3) is 4.66. The van der Waals surface area contributed by atoms with Gasteiger partial charge < -0.3 is 10.2 Å². The monoisotopic (exact) mass is 434 g/mol. The quantitative estimate of drug-likeness (QED) is 0.656. The van der Waals surface area contributed by atoms with Gasteiger partial charge in [0.05, 0.1) is 6.42 Å². The van der Waals surface area contributed by atoms with Gasteiger partial charge in [0.2, 0.25) is 5.91 Å². The summed E-state index contributed by atoms with van der Waals surface area (Å²) in [5.74, 6) is -0.0388. The molecule has 0 saturated carbocycles. The second kappa shape index (κ2) is 9.25. The maximum atomic E-state index is 12.8. The number of aromatic nitrogens is 4. The number of amides is 2. The highest BCUT2D eigenvalue weighted by Gasteiger charge is 2.27. The molecule has 4 heterocycles. The number of carbonyl (C=O) groups excluding carboxylic acids is 2. The van der Waals surface area contributed by atoms with Crippen LogP contribution in [0.15, 0.2) is 35.1 Å². The zero-order valence-electron chi connectivity index (χ0n) is 18.5. The van der Waals surface area contributed by atoms with E-state index in [4.69, 9.17) is 9.61 Å². The van der Waals surface area contributed by atoms with Crippen LogP contribution < -0.4 is 5.32 Å². The van der Waals surface area contributed by atoms with Crippen molar-refractivity contribution in [1.82, 2.24) is 30.5 Å². The summed E-state index contributed by atoms with van der Waals surface area (Å²) in [5.41, 5.74) is 5.39. The first kappa shape index (κ1) is 21.6. The molecule has 2 amide bonds. The minimum Gasteiger partial charge on any atom is -0.354 e. The number of nitrogens with zero attached hydrogens (tertiary/aromatic N) is 5. The molecule has 166 valence electrons. The zero-order valence-corrected chi connectivity index (χ0v) is 18.5. The topological polar surface area (TPSA) is 114 Å². The number of piperidine rings is 1. The number of pyridine rings is 2. The van der Waals surface area contributed by atoms with Crippen molar-refractivity contribution in [3.8, 4) is 11.1 Å². The second-order valence-corrected chi connectivity index (χ2v) is 8.09. The Kier molecular flexibility index (Phi) is 6.25. The van der Waals surface area contributed by atoms with Crippen molar-refractivity contribution >= 4 is 11.8 Å². The third-order valence-corrected chi connectivity index (χ3v) is 5.79. The minimum absolute atomic E-state index is 0.0235. The Morgan fingerprint density at radius 1 is 1.19 bits per heavy atom. The standard InChI is InChI=1S/C23H26N6O3/c1-14-9-18(16-6-7-19(25-12-16)23(31)24-3)10-21(26-14)17-5-4-8-29(13-17)22(30)11-20-15(2)27-32-28-20/h6-7,9-10,12,17H,4-5,8,11,13H2,1-3H3,(H,24,31)/t17-/m1/s1. The number of rotatable bonds is 5. The molecule has 0 unspecified atom stereocenters. The van der Waals surface area contributed by atoms with Gasteiger partial charge in [0.15, 0.2) is 0 Å². The largest absolute Gasteiger partial charge is 0.354 e. The number of aryl methyl sites for hydroxylation is 2. The van der Waals surface area contributed by atoms with E-state index < -0.39 is 0 Å². The highest BCUT2D eigenvalue weighted by Crippen LogP contribution is 2.30. The number of hydrogen-bond donors (Lipinski definition) is 1. The first-order valence-electron chi connectivity index (χ1n) is 10.7. The van der Waals surface area contributed by atoms with Crippen LogP contribution in [0.2, 0.25) is 0 Å². The van der Waals surface area contributed by atoms with Crippen molar-refractivity contribution in [1.29, 1.82) is 0 Å². The summed E-state index contributed by atoms with van der Waals surface area (Å²) in [6.45, 7) is 5.09. The van der Waals surface area contributed by atoms with Crippen molar-refractivity contribution in [2.45, 2.75) is 39.0 Å². The van der Waals surface area contributed by atoms with Crippen LogP contribution in [-0.4, -0.2) is 57.1 Å². The lowest BCUT2D eigenvalue weighted by Gasteiger charge is -2.32. The van der Waals surface area contributed by atoms with Gasteiger partial charge in [0, 0.05) is 49.2 Å². The number of hydrogen-bond acceptors (Lipinski definition) is 7. The molecule has 3 aromatic heterocycles. The van der Waals surface area contributed by atoms with Crippen LogP contribution in [0.5, 0.6) is 0 Å². The molecule has 3 aromatic rings. The number of likely N-dealkylation sites (tertiary alicyclic amines) is 1. The predicted octanol–water partition coefficient (Wildman–Crippen LogP) is 2.45. The van der Waals surface area contributed by atoms with Gasteiger partial charge in [-0.05, 0) is 50.5 Å². The average Bonchev–Trinajstić information content (AvgIpc) is 3.22. The molecule has 32 heavy (non-hydrogen) atoms. The Hall–Kier alpha value is -3.62. The van der Waals surface area contributed by atoms with E-state index in [1.807, 2.05) is 24.0 Å². The summed E-state index contributed by atoms with van der Waals surface area (Å²) in [7, 11) is 1.58. The smallest absolute Gasteiger partial charge is 0.269 e. The molecule has 0 bridgehead atoms. The molecule has 1 N–H and O–H groups in total. The van der Waals surface area contributed by atoms with Gasteiger partial charge in [-0.2, -0.15) is 0 Å².